The Bertz CT molecular complexity index is 847. The maximum absolute atomic E-state index is 12.1. The van der Waals surface area contributed by atoms with Gasteiger partial charge < -0.3 is 10.6 Å². The Kier molecular flexibility index (Phi) is 5.16. The second-order valence-electron chi connectivity index (χ2n) is 5.39. The van der Waals surface area contributed by atoms with E-state index in [0.717, 1.165) is 11.1 Å². The van der Waals surface area contributed by atoms with Gasteiger partial charge in [-0.15, -0.1) is 0 Å². The van der Waals surface area contributed by atoms with Crippen molar-refractivity contribution in [3.63, 3.8) is 0 Å². The van der Waals surface area contributed by atoms with Crippen molar-refractivity contribution in [1.29, 1.82) is 0 Å². The van der Waals surface area contributed by atoms with Gasteiger partial charge in [0.15, 0.2) is 0 Å². The maximum Gasteiger partial charge on any atom is 0.251 e. The molecule has 0 saturated heterocycles. The molecule has 0 aliphatic carbocycles. The molecule has 2 aromatic carbocycles. The van der Waals surface area contributed by atoms with Crippen LogP contribution >= 0.6 is 0 Å². The number of carbonyl (C=O) groups excluding carboxylic acids is 2. The van der Waals surface area contributed by atoms with Crippen LogP contribution in [0.25, 0.3) is 11.1 Å². The molecule has 0 fully saturated rings. The maximum atomic E-state index is 12.1. The van der Waals surface area contributed by atoms with Gasteiger partial charge in [0.25, 0.3) is 5.91 Å². The summed E-state index contributed by atoms with van der Waals surface area (Å²) in [7, 11) is 0. The summed E-state index contributed by atoms with van der Waals surface area (Å²) in [5.74, 6) is -0.169. The molecule has 0 spiro atoms. The average Bonchev–Trinajstić information content (AvgIpc) is 2.68. The van der Waals surface area contributed by atoms with Crippen LogP contribution in [-0.2, 0) is 4.79 Å². The van der Waals surface area contributed by atoms with E-state index >= 15 is 0 Å². The minimum absolute atomic E-state index is 0.115. The topological polar surface area (TPSA) is 71.1 Å². The zero-order valence-corrected chi connectivity index (χ0v) is 13.5. The van der Waals surface area contributed by atoms with E-state index in [-0.39, 0.29) is 18.4 Å². The second-order valence-corrected chi connectivity index (χ2v) is 5.39. The lowest BCUT2D eigenvalue weighted by molar-refractivity contribution is -0.115. The van der Waals surface area contributed by atoms with Gasteiger partial charge in [0.05, 0.1) is 6.54 Å². The molecular formula is C20H17N3O2. The number of nitrogens with one attached hydrogen (secondary N) is 2. The quantitative estimate of drug-likeness (QED) is 0.754. The van der Waals surface area contributed by atoms with Gasteiger partial charge in [0, 0.05) is 11.8 Å². The number of benzene rings is 2. The van der Waals surface area contributed by atoms with Gasteiger partial charge in [-0.25, -0.2) is 4.98 Å². The molecule has 5 heteroatoms. The van der Waals surface area contributed by atoms with Crippen molar-refractivity contribution in [3.05, 3.63) is 84.6 Å². The highest BCUT2D eigenvalue weighted by molar-refractivity contribution is 5.99. The predicted molar refractivity (Wildman–Crippen MR) is 97.1 cm³/mol. The lowest BCUT2D eigenvalue weighted by atomic mass is 10.0. The van der Waals surface area contributed by atoms with Crippen molar-refractivity contribution in [2.24, 2.45) is 0 Å². The third kappa shape index (κ3) is 4.51. The van der Waals surface area contributed by atoms with Crippen LogP contribution in [0.2, 0.25) is 0 Å². The van der Waals surface area contributed by atoms with E-state index in [1.165, 1.54) is 0 Å². The molecule has 124 valence electrons. The third-order valence-corrected chi connectivity index (χ3v) is 3.60. The molecular weight excluding hydrogens is 314 g/mol. The predicted octanol–water partition coefficient (Wildman–Crippen LogP) is 3.12. The minimum Gasteiger partial charge on any atom is -0.343 e. The monoisotopic (exact) mass is 331 g/mol. The number of anilines is 1. The van der Waals surface area contributed by atoms with Crippen molar-refractivity contribution in [3.8, 4) is 11.1 Å². The Morgan fingerprint density at radius 2 is 1.48 bits per heavy atom. The highest BCUT2D eigenvalue weighted by Crippen LogP contribution is 2.19. The summed E-state index contributed by atoms with van der Waals surface area (Å²) in [6.07, 6.45) is 1.59. The van der Waals surface area contributed by atoms with Crippen molar-refractivity contribution < 1.29 is 9.59 Å². The highest BCUT2D eigenvalue weighted by Gasteiger charge is 2.09. The molecule has 0 unspecified atom stereocenters. The number of amides is 2. The Morgan fingerprint density at radius 3 is 2.16 bits per heavy atom. The van der Waals surface area contributed by atoms with Crippen molar-refractivity contribution in [2.45, 2.75) is 0 Å². The van der Waals surface area contributed by atoms with E-state index in [1.54, 1.807) is 36.5 Å². The normalized spacial score (nSPS) is 10.1. The molecule has 0 saturated carbocycles. The second kappa shape index (κ2) is 7.88. The van der Waals surface area contributed by atoms with E-state index in [4.69, 9.17) is 0 Å². The van der Waals surface area contributed by atoms with E-state index in [1.807, 2.05) is 42.5 Å². The van der Waals surface area contributed by atoms with Crippen LogP contribution in [0.5, 0.6) is 0 Å². The van der Waals surface area contributed by atoms with Crippen molar-refractivity contribution >= 4 is 17.6 Å². The lowest BCUT2D eigenvalue weighted by Gasteiger charge is -2.07. The Labute approximate surface area is 145 Å². The summed E-state index contributed by atoms with van der Waals surface area (Å²) in [5, 5.41) is 5.21. The summed E-state index contributed by atoms with van der Waals surface area (Å²) in [6.45, 7) is -0.115. The van der Waals surface area contributed by atoms with Crippen molar-refractivity contribution in [1.82, 2.24) is 10.3 Å². The molecule has 0 aliphatic rings. The largest absolute Gasteiger partial charge is 0.343 e. The number of rotatable bonds is 5. The van der Waals surface area contributed by atoms with Crippen LogP contribution in [0.4, 0.5) is 5.82 Å². The fraction of sp³-hybridized carbons (Fsp3) is 0.0500. The summed E-state index contributed by atoms with van der Waals surface area (Å²) < 4.78 is 0. The van der Waals surface area contributed by atoms with Gasteiger partial charge >= 0.3 is 0 Å². The SMILES string of the molecule is O=C(CNC(=O)c1ccc(-c2ccccc2)cc1)Nc1ccccn1. The Balaban J connectivity index is 1.55. The average molecular weight is 331 g/mol. The standard InChI is InChI=1S/C20H17N3O2/c24-19(23-18-8-4-5-13-21-18)14-22-20(25)17-11-9-16(10-12-17)15-6-2-1-3-7-15/h1-13H,14H2,(H,22,25)(H,21,23,24). The van der Waals surface area contributed by atoms with Crippen LogP contribution < -0.4 is 10.6 Å². The fourth-order valence-electron chi connectivity index (χ4n) is 2.33. The Morgan fingerprint density at radius 1 is 0.800 bits per heavy atom. The Hall–Kier alpha value is -3.47. The number of pyridine rings is 1. The molecule has 2 amide bonds. The number of hydrogen-bond donors (Lipinski definition) is 2. The first-order chi connectivity index (χ1) is 12.2. The highest BCUT2D eigenvalue weighted by atomic mass is 16.2. The number of hydrogen-bond acceptors (Lipinski definition) is 3. The van der Waals surface area contributed by atoms with E-state index in [0.29, 0.717) is 11.4 Å². The molecule has 2 N–H and O–H groups in total. The van der Waals surface area contributed by atoms with E-state index in [9.17, 15) is 9.59 Å². The fourth-order valence-corrected chi connectivity index (χ4v) is 2.33. The smallest absolute Gasteiger partial charge is 0.251 e. The molecule has 0 bridgehead atoms. The molecule has 5 nitrogen and oxygen atoms in total. The van der Waals surface area contributed by atoms with E-state index < -0.39 is 0 Å². The van der Waals surface area contributed by atoms with Gasteiger partial charge in [-0.1, -0.05) is 48.5 Å². The molecule has 0 radical (unpaired) electrons. The van der Waals surface area contributed by atoms with Crippen LogP contribution in [0.3, 0.4) is 0 Å². The van der Waals surface area contributed by atoms with Gasteiger partial charge in [-0.3, -0.25) is 9.59 Å². The number of nitrogens with zero attached hydrogens (tertiary/aromatic N) is 1. The summed E-state index contributed by atoms with van der Waals surface area (Å²) in [5.41, 5.74) is 2.62. The summed E-state index contributed by atoms with van der Waals surface area (Å²) in [4.78, 5) is 28.0. The third-order valence-electron chi connectivity index (χ3n) is 3.60. The molecule has 3 rings (SSSR count). The van der Waals surface area contributed by atoms with Crippen molar-refractivity contribution in [2.75, 3.05) is 11.9 Å². The molecule has 0 aliphatic heterocycles. The lowest BCUT2D eigenvalue weighted by Crippen LogP contribution is -2.33. The minimum atomic E-state index is -0.326. The summed E-state index contributed by atoms with van der Waals surface area (Å²) >= 11 is 0. The first kappa shape index (κ1) is 16.4. The molecule has 3 aromatic rings. The molecule has 25 heavy (non-hydrogen) atoms. The van der Waals surface area contributed by atoms with Crippen LogP contribution in [0.1, 0.15) is 10.4 Å². The zero-order valence-electron chi connectivity index (χ0n) is 13.5. The van der Waals surface area contributed by atoms with Gasteiger partial charge in [-0.2, -0.15) is 0 Å². The van der Waals surface area contributed by atoms with Gasteiger partial charge in [-0.05, 0) is 35.4 Å². The van der Waals surface area contributed by atoms with E-state index in [2.05, 4.69) is 15.6 Å². The zero-order chi connectivity index (χ0) is 17.5. The molecule has 1 aromatic heterocycles. The van der Waals surface area contributed by atoms with Gasteiger partial charge in [0.1, 0.15) is 5.82 Å². The number of carbonyl (C=O) groups is 2. The first-order valence-corrected chi connectivity index (χ1v) is 7.87. The van der Waals surface area contributed by atoms with Gasteiger partial charge in [0.2, 0.25) is 5.91 Å². The molecule has 0 atom stereocenters. The van der Waals surface area contributed by atoms with Crippen LogP contribution in [0, 0.1) is 0 Å². The number of aromatic nitrogens is 1. The first-order valence-electron chi connectivity index (χ1n) is 7.87. The van der Waals surface area contributed by atoms with Crippen LogP contribution in [0.15, 0.2) is 79.0 Å². The summed E-state index contributed by atoms with van der Waals surface area (Å²) in [6, 6.07) is 22.4. The molecule has 1 heterocycles. The van der Waals surface area contributed by atoms with Crippen LogP contribution in [-0.4, -0.2) is 23.3 Å².